The maximum absolute atomic E-state index is 12.4. The second-order valence-corrected chi connectivity index (χ2v) is 4.55. The molecule has 0 aliphatic rings. The van der Waals surface area contributed by atoms with Gasteiger partial charge in [0.05, 0.1) is 21.3 Å². The van der Waals surface area contributed by atoms with Crippen LogP contribution in [-0.4, -0.2) is 27.1 Å². The fourth-order valence-corrected chi connectivity index (χ4v) is 2.04. The average molecular weight is 286 g/mol. The van der Waals surface area contributed by atoms with E-state index in [0.29, 0.717) is 23.5 Å². The van der Waals surface area contributed by atoms with Crippen molar-refractivity contribution in [2.75, 3.05) is 21.3 Å². The standard InChI is InChI=1S/C17H18O4/c1-19-14-6-4-5-12(7-14)8-17(18)13-9-15(20-2)11-16(10-13)21-3/h4-7,9-11H,8H2,1-3H3. The largest absolute Gasteiger partial charge is 0.497 e. The van der Waals surface area contributed by atoms with Gasteiger partial charge in [0, 0.05) is 18.1 Å². The Labute approximate surface area is 124 Å². The summed E-state index contributed by atoms with van der Waals surface area (Å²) in [5.41, 5.74) is 1.47. The van der Waals surface area contributed by atoms with E-state index in [1.165, 1.54) is 0 Å². The zero-order chi connectivity index (χ0) is 15.2. The molecule has 21 heavy (non-hydrogen) atoms. The third kappa shape index (κ3) is 3.75. The highest BCUT2D eigenvalue weighted by atomic mass is 16.5. The topological polar surface area (TPSA) is 44.8 Å². The number of carbonyl (C=O) groups excluding carboxylic acids is 1. The monoisotopic (exact) mass is 286 g/mol. The summed E-state index contributed by atoms with van der Waals surface area (Å²) in [4.78, 5) is 12.4. The van der Waals surface area contributed by atoms with Crippen LogP contribution in [0.3, 0.4) is 0 Å². The van der Waals surface area contributed by atoms with Crippen LogP contribution in [0.4, 0.5) is 0 Å². The summed E-state index contributed by atoms with van der Waals surface area (Å²) in [5, 5.41) is 0. The van der Waals surface area contributed by atoms with Gasteiger partial charge in [-0.25, -0.2) is 0 Å². The molecule has 0 radical (unpaired) electrons. The van der Waals surface area contributed by atoms with E-state index >= 15 is 0 Å². The van der Waals surface area contributed by atoms with Gasteiger partial charge in [-0.1, -0.05) is 12.1 Å². The van der Waals surface area contributed by atoms with E-state index in [9.17, 15) is 4.79 Å². The first-order chi connectivity index (χ1) is 10.2. The van der Waals surface area contributed by atoms with Crippen LogP contribution in [0.1, 0.15) is 15.9 Å². The number of benzene rings is 2. The van der Waals surface area contributed by atoms with Crippen molar-refractivity contribution in [3.05, 3.63) is 53.6 Å². The molecule has 0 bridgehead atoms. The Kier molecular flexibility index (Phi) is 4.82. The fraction of sp³-hybridized carbons (Fsp3) is 0.235. The van der Waals surface area contributed by atoms with Gasteiger partial charge in [-0.3, -0.25) is 4.79 Å². The van der Waals surface area contributed by atoms with Crippen molar-refractivity contribution in [2.45, 2.75) is 6.42 Å². The van der Waals surface area contributed by atoms with Crippen molar-refractivity contribution >= 4 is 5.78 Å². The minimum absolute atomic E-state index is 0.000420. The molecule has 4 heteroatoms. The van der Waals surface area contributed by atoms with E-state index in [4.69, 9.17) is 14.2 Å². The summed E-state index contributed by atoms with van der Waals surface area (Å²) in [6.45, 7) is 0. The molecule has 0 aliphatic heterocycles. The second-order valence-electron chi connectivity index (χ2n) is 4.55. The molecule has 110 valence electrons. The van der Waals surface area contributed by atoms with Crippen LogP contribution in [0.5, 0.6) is 17.2 Å². The van der Waals surface area contributed by atoms with Crippen LogP contribution >= 0.6 is 0 Å². The van der Waals surface area contributed by atoms with Crippen molar-refractivity contribution in [3.8, 4) is 17.2 Å². The lowest BCUT2D eigenvalue weighted by Crippen LogP contribution is -2.04. The van der Waals surface area contributed by atoms with Gasteiger partial charge in [0.25, 0.3) is 0 Å². The first-order valence-corrected chi connectivity index (χ1v) is 6.55. The first kappa shape index (κ1) is 14.9. The molecule has 0 spiro atoms. The summed E-state index contributed by atoms with van der Waals surface area (Å²) < 4.78 is 15.5. The Morgan fingerprint density at radius 1 is 0.857 bits per heavy atom. The van der Waals surface area contributed by atoms with Gasteiger partial charge < -0.3 is 14.2 Å². The van der Waals surface area contributed by atoms with Gasteiger partial charge in [0.1, 0.15) is 17.2 Å². The lowest BCUT2D eigenvalue weighted by atomic mass is 10.0. The van der Waals surface area contributed by atoms with E-state index in [1.54, 1.807) is 39.5 Å². The summed E-state index contributed by atoms with van der Waals surface area (Å²) in [7, 11) is 4.73. The number of methoxy groups -OCH3 is 3. The van der Waals surface area contributed by atoms with Gasteiger partial charge in [-0.05, 0) is 29.8 Å². The lowest BCUT2D eigenvalue weighted by Gasteiger charge is -2.08. The van der Waals surface area contributed by atoms with Gasteiger partial charge in [-0.2, -0.15) is 0 Å². The number of rotatable bonds is 6. The number of hydrogen-bond acceptors (Lipinski definition) is 4. The lowest BCUT2D eigenvalue weighted by molar-refractivity contribution is 0.0992. The molecule has 0 aromatic heterocycles. The summed E-state index contributed by atoms with van der Waals surface area (Å²) in [6, 6.07) is 12.6. The van der Waals surface area contributed by atoms with Crippen molar-refractivity contribution in [2.24, 2.45) is 0 Å². The maximum atomic E-state index is 12.4. The smallest absolute Gasteiger partial charge is 0.167 e. The molecule has 4 nitrogen and oxygen atoms in total. The van der Waals surface area contributed by atoms with Crippen LogP contribution in [0.2, 0.25) is 0 Å². The molecular weight excluding hydrogens is 268 g/mol. The zero-order valence-electron chi connectivity index (χ0n) is 12.4. The van der Waals surface area contributed by atoms with E-state index in [0.717, 1.165) is 11.3 Å². The van der Waals surface area contributed by atoms with E-state index in [1.807, 2.05) is 24.3 Å². The minimum Gasteiger partial charge on any atom is -0.497 e. The molecule has 0 aliphatic carbocycles. The van der Waals surface area contributed by atoms with Gasteiger partial charge >= 0.3 is 0 Å². The molecular formula is C17H18O4. The molecule has 2 aromatic rings. The van der Waals surface area contributed by atoms with Crippen LogP contribution in [-0.2, 0) is 6.42 Å². The Bertz CT molecular complexity index is 612. The predicted octanol–water partition coefficient (Wildman–Crippen LogP) is 3.14. The maximum Gasteiger partial charge on any atom is 0.167 e. The van der Waals surface area contributed by atoms with Crippen molar-refractivity contribution in [1.82, 2.24) is 0 Å². The number of ether oxygens (including phenoxy) is 3. The summed E-state index contributed by atoms with van der Waals surface area (Å²) >= 11 is 0. The summed E-state index contributed by atoms with van der Waals surface area (Å²) in [5.74, 6) is 1.94. The molecule has 2 aromatic carbocycles. The van der Waals surface area contributed by atoms with E-state index < -0.39 is 0 Å². The van der Waals surface area contributed by atoms with Gasteiger partial charge in [0.2, 0.25) is 0 Å². The van der Waals surface area contributed by atoms with Crippen LogP contribution in [0.25, 0.3) is 0 Å². The molecule has 0 N–H and O–H groups in total. The second kappa shape index (κ2) is 6.79. The normalized spacial score (nSPS) is 10.0. The molecule has 0 unspecified atom stereocenters. The van der Waals surface area contributed by atoms with Gasteiger partial charge in [0.15, 0.2) is 5.78 Å². The molecule has 0 saturated carbocycles. The molecule has 0 heterocycles. The quantitative estimate of drug-likeness (QED) is 0.765. The first-order valence-electron chi connectivity index (χ1n) is 6.55. The van der Waals surface area contributed by atoms with E-state index in [-0.39, 0.29) is 5.78 Å². The predicted molar refractivity (Wildman–Crippen MR) is 80.6 cm³/mol. The molecule has 0 saturated heterocycles. The van der Waals surface area contributed by atoms with Crippen LogP contribution in [0.15, 0.2) is 42.5 Å². The minimum atomic E-state index is 0.000420. The molecule has 0 fully saturated rings. The van der Waals surface area contributed by atoms with Crippen molar-refractivity contribution in [3.63, 3.8) is 0 Å². The highest BCUT2D eigenvalue weighted by Gasteiger charge is 2.11. The Morgan fingerprint density at radius 3 is 2.05 bits per heavy atom. The van der Waals surface area contributed by atoms with Crippen molar-refractivity contribution in [1.29, 1.82) is 0 Å². The molecule has 0 amide bonds. The average Bonchev–Trinajstić information content (AvgIpc) is 2.54. The summed E-state index contributed by atoms with van der Waals surface area (Å²) in [6.07, 6.45) is 0.299. The highest BCUT2D eigenvalue weighted by Crippen LogP contribution is 2.24. The van der Waals surface area contributed by atoms with Gasteiger partial charge in [-0.15, -0.1) is 0 Å². The highest BCUT2D eigenvalue weighted by molar-refractivity contribution is 5.98. The Morgan fingerprint density at radius 2 is 1.48 bits per heavy atom. The Balaban J connectivity index is 2.23. The fourth-order valence-electron chi connectivity index (χ4n) is 2.04. The molecule has 0 atom stereocenters. The molecule has 2 rings (SSSR count). The number of carbonyl (C=O) groups is 1. The SMILES string of the molecule is COc1cccc(CC(=O)c2cc(OC)cc(OC)c2)c1. The zero-order valence-corrected chi connectivity index (χ0v) is 12.4. The third-order valence-corrected chi connectivity index (χ3v) is 3.17. The third-order valence-electron chi connectivity index (χ3n) is 3.17. The number of ketones is 1. The number of hydrogen-bond donors (Lipinski definition) is 0. The van der Waals surface area contributed by atoms with Crippen LogP contribution in [0, 0.1) is 0 Å². The number of Topliss-reactive ketones (excluding diaryl/α,β-unsaturated/α-hetero) is 1. The van der Waals surface area contributed by atoms with Crippen molar-refractivity contribution < 1.29 is 19.0 Å². The van der Waals surface area contributed by atoms with Crippen LogP contribution < -0.4 is 14.2 Å². The Hall–Kier alpha value is -2.49. The van der Waals surface area contributed by atoms with E-state index in [2.05, 4.69) is 0 Å².